The van der Waals surface area contributed by atoms with E-state index in [-0.39, 0.29) is 0 Å². The Morgan fingerprint density at radius 3 is 2.61 bits per heavy atom. The Morgan fingerprint density at radius 2 is 2.04 bits per heavy atom. The van der Waals surface area contributed by atoms with Crippen molar-refractivity contribution in [3.8, 4) is 0 Å². The van der Waals surface area contributed by atoms with Crippen molar-refractivity contribution in [1.82, 2.24) is 14.9 Å². The van der Waals surface area contributed by atoms with Gasteiger partial charge in [0.15, 0.2) is 12.3 Å². The van der Waals surface area contributed by atoms with Crippen molar-refractivity contribution in [2.75, 3.05) is 0 Å². The molecule has 1 saturated heterocycles. The monoisotopic (exact) mass is 400 g/mol. The summed E-state index contributed by atoms with van der Waals surface area (Å²) in [7, 11) is 0. The van der Waals surface area contributed by atoms with Gasteiger partial charge in [0.2, 0.25) is 5.91 Å². The van der Waals surface area contributed by atoms with Crippen molar-refractivity contribution in [3.05, 3.63) is 33.1 Å². The molecule has 28 heavy (non-hydrogen) atoms. The third kappa shape index (κ3) is 4.65. The zero-order valence-corrected chi connectivity index (χ0v) is 15.1. The van der Waals surface area contributed by atoms with Gasteiger partial charge in [-0.15, -0.1) is 0 Å². The SMILES string of the molecule is CCCC[C@H](N)C(=O)N[C@H](C(=O)O)C1O[C@@H](n2ccc(=O)[nH]c2=O)[C@H](O)[C@@H]1O. The van der Waals surface area contributed by atoms with Crippen LogP contribution in [0.25, 0.3) is 0 Å². The molecular weight excluding hydrogens is 376 g/mol. The summed E-state index contributed by atoms with van der Waals surface area (Å²) in [6.45, 7) is 1.91. The van der Waals surface area contributed by atoms with Gasteiger partial charge in [-0.3, -0.25) is 19.1 Å². The van der Waals surface area contributed by atoms with E-state index in [1.54, 1.807) is 0 Å². The van der Waals surface area contributed by atoms with Crippen molar-refractivity contribution in [2.45, 2.75) is 62.8 Å². The molecule has 6 atom stereocenters. The number of aliphatic hydroxyl groups excluding tert-OH is 2. The van der Waals surface area contributed by atoms with Crippen LogP contribution in [-0.4, -0.2) is 67.1 Å². The van der Waals surface area contributed by atoms with Gasteiger partial charge in [0.1, 0.15) is 18.3 Å². The lowest BCUT2D eigenvalue weighted by Gasteiger charge is -2.24. The number of hydrogen-bond donors (Lipinski definition) is 6. The first-order valence-electron chi connectivity index (χ1n) is 8.79. The minimum absolute atomic E-state index is 0.348. The average molecular weight is 400 g/mol. The maximum absolute atomic E-state index is 12.2. The van der Waals surface area contributed by atoms with E-state index >= 15 is 0 Å². The number of unbranched alkanes of at least 4 members (excludes halogenated alkanes) is 1. The lowest BCUT2D eigenvalue weighted by Crippen LogP contribution is -2.56. The molecule has 1 aromatic rings. The van der Waals surface area contributed by atoms with Crippen molar-refractivity contribution in [3.63, 3.8) is 0 Å². The molecule has 156 valence electrons. The van der Waals surface area contributed by atoms with Gasteiger partial charge in [0.05, 0.1) is 6.04 Å². The molecule has 1 fully saturated rings. The van der Waals surface area contributed by atoms with Crippen molar-refractivity contribution in [2.24, 2.45) is 5.73 Å². The first-order valence-corrected chi connectivity index (χ1v) is 8.79. The minimum Gasteiger partial charge on any atom is -0.480 e. The molecule has 2 rings (SSSR count). The summed E-state index contributed by atoms with van der Waals surface area (Å²) < 4.78 is 6.19. The Hall–Kier alpha value is -2.54. The smallest absolute Gasteiger partial charge is 0.330 e. The van der Waals surface area contributed by atoms with Crippen LogP contribution in [0.1, 0.15) is 32.4 Å². The number of carboxylic acids is 1. The van der Waals surface area contributed by atoms with Crippen LogP contribution >= 0.6 is 0 Å². The van der Waals surface area contributed by atoms with Gasteiger partial charge < -0.3 is 31.1 Å². The first-order chi connectivity index (χ1) is 13.2. The number of carbonyl (C=O) groups excluding carboxylic acids is 1. The average Bonchev–Trinajstić information content (AvgIpc) is 2.92. The fourth-order valence-corrected chi connectivity index (χ4v) is 2.92. The van der Waals surface area contributed by atoms with Gasteiger partial charge in [-0.2, -0.15) is 0 Å². The quantitative estimate of drug-likeness (QED) is 0.268. The highest BCUT2D eigenvalue weighted by Crippen LogP contribution is 2.30. The van der Waals surface area contributed by atoms with E-state index < -0.39 is 59.7 Å². The number of aromatic nitrogens is 2. The zero-order valence-electron chi connectivity index (χ0n) is 15.1. The standard InChI is InChI=1S/C16H24N4O8/c1-2-3-4-7(17)13(24)19-9(15(25)26)12-10(22)11(23)14(28-12)20-6-5-8(21)18-16(20)27/h5-7,9-12,14,22-23H,2-4,17H2,1H3,(H,19,24)(H,25,26)(H,18,21,27)/t7-,9-,10-,11+,12?,14+/m0/s1. The molecule has 7 N–H and O–H groups in total. The summed E-state index contributed by atoms with van der Waals surface area (Å²) in [5.74, 6) is -2.25. The lowest BCUT2D eigenvalue weighted by atomic mass is 10.0. The summed E-state index contributed by atoms with van der Waals surface area (Å²) in [4.78, 5) is 48.8. The van der Waals surface area contributed by atoms with Gasteiger partial charge in [-0.1, -0.05) is 19.8 Å². The number of carboxylic acid groups (broad SMARTS) is 1. The van der Waals surface area contributed by atoms with E-state index in [1.807, 2.05) is 11.9 Å². The number of ether oxygens (including phenoxy) is 1. The van der Waals surface area contributed by atoms with Gasteiger partial charge in [0.25, 0.3) is 5.56 Å². The Kier molecular flexibility index (Phi) is 7.07. The Bertz CT molecular complexity index is 821. The molecule has 0 radical (unpaired) electrons. The summed E-state index contributed by atoms with van der Waals surface area (Å²) in [5.41, 5.74) is 4.13. The predicted molar refractivity (Wildman–Crippen MR) is 94.3 cm³/mol. The summed E-state index contributed by atoms with van der Waals surface area (Å²) >= 11 is 0. The van der Waals surface area contributed by atoms with Gasteiger partial charge in [0, 0.05) is 12.3 Å². The molecule has 1 aromatic heterocycles. The molecule has 12 heteroatoms. The maximum atomic E-state index is 12.2. The van der Waals surface area contributed by atoms with Crippen LogP contribution < -0.4 is 22.3 Å². The van der Waals surface area contributed by atoms with Crippen LogP contribution in [0.2, 0.25) is 0 Å². The zero-order chi connectivity index (χ0) is 21.0. The van der Waals surface area contributed by atoms with E-state index in [9.17, 15) is 34.5 Å². The fraction of sp³-hybridized carbons (Fsp3) is 0.625. The van der Waals surface area contributed by atoms with E-state index in [0.29, 0.717) is 12.8 Å². The Labute approximate surface area is 158 Å². The normalized spacial score (nSPS) is 26.6. The van der Waals surface area contributed by atoms with Gasteiger partial charge in [-0.05, 0) is 6.42 Å². The number of nitrogens with two attached hydrogens (primary N) is 1. The largest absolute Gasteiger partial charge is 0.480 e. The molecule has 1 amide bonds. The van der Waals surface area contributed by atoms with Gasteiger partial charge in [-0.25, -0.2) is 9.59 Å². The van der Waals surface area contributed by atoms with E-state index in [2.05, 4.69) is 5.32 Å². The number of amides is 1. The molecular formula is C16H24N4O8. The van der Waals surface area contributed by atoms with Crippen LogP contribution in [0.5, 0.6) is 0 Å². The van der Waals surface area contributed by atoms with Crippen molar-refractivity contribution in [1.29, 1.82) is 0 Å². The van der Waals surface area contributed by atoms with Crippen molar-refractivity contribution >= 4 is 11.9 Å². The molecule has 1 aliphatic rings. The highest BCUT2D eigenvalue weighted by Gasteiger charge is 2.50. The number of aliphatic hydroxyl groups is 2. The topological polar surface area (TPSA) is 197 Å². The number of nitrogens with one attached hydrogen (secondary N) is 2. The molecule has 12 nitrogen and oxygen atoms in total. The summed E-state index contributed by atoms with van der Waals surface area (Å²) in [6, 6.07) is -1.66. The number of H-pyrrole nitrogens is 1. The molecule has 0 aliphatic carbocycles. The molecule has 0 bridgehead atoms. The Morgan fingerprint density at radius 1 is 1.36 bits per heavy atom. The molecule has 0 saturated carbocycles. The maximum Gasteiger partial charge on any atom is 0.330 e. The molecule has 1 aliphatic heterocycles. The van der Waals surface area contributed by atoms with E-state index in [1.165, 1.54) is 0 Å². The number of hydrogen-bond acceptors (Lipinski definition) is 8. The van der Waals surface area contributed by atoms with E-state index in [0.717, 1.165) is 23.3 Å². The van der Waals surface area contributed by atoms with Crippen LogP contribution in [0.3, 0.4) is 0 Å². The molecule has 1 unspecified atom stereocenters. The first kappa shape index (κ1) is 21.8. The second kappa shape index (κ2) is 9.10. The van der Waals surface area contributed by atoms with Crippen LogP contribution in [0.15, 0.2) is 21.9 Å². The second-order valence-electron chi connectivity index (χ2n) is 6.56. The number of nitrogens with zero attached hydrogens (tertiary/aromatic N) is 1. The van der Waals surface area contributed by atoms with Crippen LogP contribution in [-0.2, 0) is 14.3 Å². The fourth-order valence-electron chi connectivity index (χ4n) is 2.92. The number of aliphatic carboxylic acids is 1. The number of aromatic amines is 1. The van der Waals surface area contributed by atoms with Crippen LogP contribution in [0, 0.1) is 0 Å². The summed E-state index contributed by atoms with van der Waals surface area (Å²) in [6.07, 6.45) is -3.56. The Balaban J connectivity index is 2.21. The molecule has 0 aromatic carbocycles. The minimum atomic E-state index is -1.72. The highest BCUT2D eigenvalue weighted by atomic mass is 16.6. The predicted octanol–water partition coefficient (Wildman–Crippen LogP) is -2.76. The third-order valence-electron chi connectivity index (χ3n) is 4.50. The summed E-state index contributed by atoms with van der Waals surface area (Å²) in [5, 5.41) is 32.1. The van der Waals surface area contributed by atoms with Crippen molar-refractivity contribution < 1.29 is 29.6 Å². The van der Waals surface area contributed by atoms with Crippen LogP contribution in [0.4, 0.5) is 0 Å². The third-order valence-corrected chi connectivity index (χ3v) is 4.50. The lowest BCUT2D eigenvalue weighted by molar-refractivity contribution is -0.149. The number of carbonyl (C=O) groups is 2. The van der Waals surface area contributed by atoms with Gasteiger partial charge >= 0.3 is 11.7 Å². The highest BCUT2D eigenvalue weighted by molar-refractivity contribution is 5.87. The number of rotatable bonds is 8. The second-order valence-corrected chi connectivity index (χ2v) is 6.56. The van der Waals surface area contributed by atoms with E-state index in [4.69, 9.17) is 10.5 Å². The molecule has 2 heterocycles. The molecule has 0 spiro atoms.